The minimum absolute atomic E-state index is 0.00593. The number of ether oxygens (including phenoxy) is 3. The van der Waals surface area contributed by atoms with E-state index in [-0.39, 0.29) is 29.2 Å². The maximum absolute atomic E-state index is 12.2. The zero-order valence-electron chi connectivity index (χ0n) is 20.1. The van der Waals surface area contributed by atoms with E-state index in [2.05, 4.69) is 20.3 Å². The fourth-order valence-electron chi connectivity index (χ4n) is 3.36. The third kappa shape index (κ3) is 6.25. The van der Waals surface area contributed by atoms with Crippen LogP contribution in [0.2, 0.25) is 0 Å². The number of nitrogens with zero attached hydrogens (tertiary/aromatic N) is 4. The van der Waals surface area contributed by atoms with Crippen LogP contribution in [0.4, 0.5) is 16.3 Å². The van der Waals surface area contributed by atoms with E-state index in [0.717, 1.165) is 12.7 Å². The molecule has 1 aliphatic rings. The number of likely N-dealkylation sites (tertiary alicyclic amines) is 1. The zero-order valence-corrected chi connectivity index (χ0v) is 20.9. The molecule has 1 atom stereocenters. The second kappa shape index (κ2) is 10.9. The van der Waals surface area contributed by atoms with Crippen molar-refractivity contribution >= 4 is 27.4 Å². The van der Waals surface area contributed by atoms with Crippen molar-refractivity contribution in [2.24, 2.45) is 0 Å². The number of sulfone groups is 1. The highest BCUT2D eigenvalue weighted by atomic mass is 32.2. The normalized spacial score (nSPS) is 15.5. The largest absolute Gasteiger partial charge is 0.489 e. The monoisotopic (exact) mass is 493 g/mol. The Morgan fingerprint density at radius 3 is 2.56 bits per heavy atom. The molecule has 1 unspecified atom stereocenters. The SMILES string of the molecule is CCC(C)OC(=O)N1CCC(Oc2ncnc(Nc3ccc(S(C)(=O)=O)nc3C)c2OC)CC1. The van der Waals surface area contributed by atoms with E-state index < -0.39 is 9.84 Å². The summed E-state index contributed by atoms with van der Waals surface area (Å²) in [6.07, 6.45) is 3.92. The number of hydrogen-bond donors (Lipinski definition) is 1. The van der Waals surface area contributed by atoms with Gasteiger partial charge in [-0.3, -0.25) is 0 Å². The van der Waals surface area contributed by atoms with Crippen LogP contribution in [0.5, 0.6) is 11.6 Å². The second-order valence-electron chi connectivity index (χ2n) is 8.15. The van der Waals surface area contributed by atoms with Gasteiger partial charge < -0.3 is 24.4 Å². The number of amides is 1. The molecule has 1 amide bonds. The van der Waals surface area contributed by atoms with Crippen LogP contribution in [-0.4, -0.2) is 73.0 Å². The van der Waals surface area contributed by atoms with E-state index in [1.165, 1.54) is 19.5 Å². The summed E-state index contributed by atoms with van der Waals surface area (Å²) in [6, 6.07) is 3.05. The Bertz CT molecular complexity index is 1120. The number of aryl methyl sites for hydroxylation is 1. The van der Waals surface area contributed by atoms with E-state index in [1.807, 2.05) is 13.8 Å². The van der Waals surface area contributed by atoms with Gasteiger partial charge in [-0.15, -0.1) is 0 Å². The van der Waals surface area contributed by atoms with Gasteiger partial charge in [0.2, 0.25) is 5.75 Å². The lowest BCUT2D eigenvalue weighted by molar-refractivity contribution is 0.0446. The molecule has 12 heteroatoms. The Labute approximate surface area is 199 Å². The first-order valence-corrected chi connectivity index (χ1v) is 13.0. The summed E-state index contributed by atoms with van der Waals surface area (Å²) in [4.78, 5) is 26.5. The lowest BCUT2D eigenvalue weighted by Crippen LogP contribution is -2.42. The molecule has 186 valence electrons. The second-order valence-corrected chi connectivity index (χ2v) is 10.1. The van der Waals surface area contributed by atoms with Crippen LogP contribution in [0.25, 0.3) is 0 Å². The van der Waals surface area contributed by atoms with Crippen LogP contribution >= 0.6 is 0 Å². The van der Waals surface area contributed by atoms with Gasteiger partial charge >= 0.3 is 6.09 Å². The van der Waals surface area contributed by atoms with Crippen molar-refractivity contribution in [3.63, 3.8) is 0 Å². The number of piperidine rings is 1. The van der Waals surface area contributed by atoms with Gasteiger partial charge in [0.15, 0.2) is 20.7 Å². The molecule has 2 aromatic rings. The highest BCUT2D eigenvalue weighted by molar-refractivity contribution is 7.90. The van der Waals surface area contributed by atoms with E-state index in [0.29, 0.717) is 48.9 Å². The fourth-order valence-corrected chi connectivity index (χ4v) is 3.98. The molecule has 1 N–H and O–H groups in total. The van der Waals surface area contributed by atoms with Crippen LogP contribution in [-0.2, 0) is 14.6 Å². The number of carbonyl (C=O) groups excluding carboxylic acids is 1. The van der Waals surface area contributed by atoms with Crippen molar-refractivity contribution in [1.29, 1.82) is 0 Å². The molecule has 2 aromatic heterocycles. The molecule has 0 spiro atoms. The molecule has 0 aliphatic carbocycles. The van der Waals surface area contributed by atoms with Gasteiger partial charge in [-0.25, -0.2) is 23.2 Å². The van der Waals surface area contributed by atoms with E-state index in [9.17, 15) is 13.2 Å². The summed E-state index contributed by atoms with van der Waals surface area (Å²) in [5.41, 5.74) is 1.06. The minimum Gasteiger partial charge on any atom is -0.489 e. The Kier molecular flexibility index (Phi) is 8.13. The molecule has 1 aliphatic heterocycles. The van der Waals surface area contributed by atoms with Crippen molar-refractivity contribution in [2.75, 3.05) is 31.8 Å². The number of rotatable bonds is 8. The Balaban J connectivity index is 1.68. The topological polar surface area (TPSA) is 133 Å². The number of methoxy groups -OCH3 is 1. The summed E-state index contributed by atoms with van der Waals surface area (Å²) < 4.78 is 40.5. The van der Waals surface area contributed by atoms with Gasteiger partial charge in [0.05, 0.1) is 18.5 Å². The Morgan fingerprint density at radius 2 is 1.97 bits per heavy atom. The van der Waals surface area contributed by atoms with Crippen molar-refractivity contribution in [1.82, 2.24) is 19.9 Å². The van der Waals surface area contributed by atoms with Crippen molar-refractivity contribution in [3.05, 3.63) is 24.2 Å². The number of nitrogens with one attached hydrogen (secondary N) is 1. The first-order chi connectivity index (χ1) is 16.1. The number of hydrogen-bond acceptors (Lipinski definition) is 10. The van der Waals surface area contributed by atoms with E-state index in [1.54, 1.807) is 17.9 Å². The average Bonchev–Trinajstić information content (AvgIpc) is 2.80. The van der Waals surface area contributed by atoms with Gasteiger partial charge in [0.25, 0.3) is 5.88 Å². The van der Waals surface area contributed by atoms with Crippen LogP contribution in [0.3, 0.4) is 0 Å². The fraction of sp³-hybridized carbons (Fsp3) is 0.545. The molecular formula is C22H31N5O6S. The number of anilines is 2. The van der Waals surface area contributed by atoms with Gasteiger partial charge in [0, 0.05) is 32.2 Å². The maximum Gasteiger partial charge on any atom is 0.410 e. The number of pyridine rings is 1. The molecule has 0 radical (unpaired) electrons. The standard InChI is InChI=1S/C22H31N5O6S/c1-6-14(2)32-22(28)27-11-9-16(10-12-27)33-21-19(31-4)20(23-13-24-21)26-17-7-8-18(25-15(17)3)34(5,29)30/h7-8,13-14,16H,6,9-12H2,1-5H3,(H,23,24,26). The summed E-state index contributed by atoms with van der Waals surface area (Å²) in [6.45, 7) is 6.59. The first kappa shape index (κ1) is 25.5. The number of carbonyl (C=O) groups is 1. The van der Waals surface area contributed by atoms with Crippen LogP contribution < -0.4 is 14.8 Å². The molecule has 3 heterocycles. The lowest BCUT2D eigenvalue weighted by atomic mass is 10.1. The first-order valence-electron chi connectivity index (χ1n) is 11.1. The van der Waals surface area contributed by atoms with E-state index in [4.69, 9.17) is 14.2 Å². The van der Waals surface area contributed by atoms with Crippen molar-refractivity contribution < 1.29 is 27.4 Å². The summed E-state index contributed by atoms with van der Waals surface area (Å²) in [5.74, 6) is 0.950. The Hall–Kier alpha value is -3.15. The number of aromatic nitrogens is 3. The Morgan fingerprint density at radius 1 is 1.26 bits per heavy atom. The third-order valence-corrected chi connectivity index (χ3v) is 6.51. The molecule has 0 saturated carbocycles. The quantitative estimate of drug-likeness (QED) is 0.585. The van der Waals surface area contributed by atoms with Crippen LogP contribution in [0, 0.1) is 6.92 Å². The summed E-state index contributed by atoms with van der Waals surface area (Å²) >= 11 is 0. The molecule has 1 fully saturated rings. The molecule has 0 aromatic carbocycles. The summed E-state index contributed by atoms with van der Waals surface area (Å²) in [5, 5.41) is 3.10. The lowest BCUT2D eigenvalue weighted by Gasteiger charge is -2.32. The van der Waals surface area contributed by atoms with Crippen molar-refractivity contribution in [2.45, 2.75) is 57.3 Å². The van der Waals surface area contributed by atoms with Gasteiger partial charge in [-0.2, -0.15) is 4.98 Å². The van der Waals surface area contributed by atoms with Gasteiger partial charge in [-0.05, 0) is 32.4 Å². The molecule has 11 nitrogen and oxygen atoms in total. The predicted molar refractivity (Wildman–Crippen MR) is 125 cm³/mol. The highest BCUT2D eigenvalue weighted by Crippen LogP contribution is 2.35. The minimum atomic E-state index is -3.41. The highest BCUT2D eigenvalue weighted by Gasteiger charge is 2.27. The molecule has 0 bridgehead atoms. The van der Waals surface area contributed by atoms with Crippen LogP contribution in [0.15, 0.2) is 23.5 Å². The average molecular weight is 494 g/mol. The third-order valence-electron chi connectivity index (χ3n) is 5.52. The van der Waals surface area contributed by atoms with Crippen LogP contribution in [0.1, 0.15) is 38.8 Å². The molecule has 34 heavy (non-hydrogen) atoms. The summed E-state index contributed by atoms with van der Waals surface area (Å²) in [7, 11) is -1.92. The molecule has 1 saturated heterocycles. The van der Waals surface area contributed by atoms with Crippen molar-refractivity contribution in [3.8, 4) is 11.6 Å². The van der Waals surface area contributed by atoms with Gasteiger partial charge in [-0.1, -0.05) is 6.92 Å². The smallest absolute Gasteiger partial charge is 0.410 e. The van der Waals surface area contributed by atoms with E-state index >= 15 is 0 Å². The predicted octanol–water partition coefficient (Wildman–Crippen LogP) is 3.11. The maximum atomic E-state index is 12.2. The zero-order chi connectivity index (χ0) is 24.9. The van der Waals surface area contributed by atoms with Gasteiger partial charge in [0.1, 0.15) is 18.5 Å². The molecular weight excluding hydrogens is 462 g/mol. The molecule has 3 rings (SSSR count).